The molecule has 6 nitrogen and oxygen atoms in total. The van der Waals surface area contributed by atoms with E-state index in [0.717, 1.165) is 0 Å². The highest BCUT2D eigenvalue weighted by atomic mass is 35.5. The second kappa shape index (κ2) is 3.90. The highest BCUT2D eigenvalue weighted by molar-refractivity contribution is 6.32. The summed E-state index contributed by atoms with van der Waals surface area (Å²) in [6.45, 7) is 0. The summed E-state index contributed by atoms with van der Waals surface area (Å²) < 4.78 is 1.27. The molecule has 0 N–H and O–H groups in total. The molecule has 0 aliphatic heterocycles. The molecule has 0 saturated carbocycles. The van der Waals surface area contributed by atoms with Gasteiger partial charge in [-0.05, 0) is 12.1 Å². The number of rotatable bonds is 2. The highest BCUT2D eigenvalue weighted by Gasteiger charge is 2.26. The lowest BCUT2D eigenvalue weighted by Gasteiger charge is -1.94. The molecule has 7 heteroatoms. The summed E-state index contributed by atoms with van der Waals surface area (Å²) in [5.74, 6) is 0. The quantitative estimate of drug-likeness (QED) is 0.593. The molecule has 0 spiro atoms. The Labute approximate surface area is 95.6 Å². The molecule has 2 aromatic rings. The molecule has 0 bridgehead atoms. The van der Waals surface area contributed by atoms with Crippen LogP contribution in [0.15, 0.2) is 24.5 Å². The van der Waals surface area contributed by atoms with Gasteiger partial charge in [0.1, 0.15) is 0 Å². The van der Waals surface area contributed by atoms with Crippen LogP contribution in [0.5, 0.6) is 0 Å². The van der Waals surface area contributed by atoms with E-state index >= 15 is 0 Å². The van der Waals surface area contributed by atoms with E-state index in [-0.39, 0.29) is 16.5 Å². The molecule has 0 amide bonds. The molecule has 0 radical (unpaired) electrons. The van der Waals surface area contributed by atoms with E-state index in [4.69, 9.17) is 11.6 Å². The van der Waals surface area contributed by atoms with Crippen LogP contribution in [0.1, 0.15) is 0 Å². The minimum Gasteiger partial charge on any atom is -0.264 e. The first-order valence-corrected chi connectivity index (χ1v) is 4.76. The van der Waals surface area contributed by atoms with Gasteiger partial charge in [0.25, 0.3) is 0 Å². The van der Waals surface area contributed by atoms with Crippen LogP contribution >= 0.6 is 11.6 Å². The van der Waals surface area contributed by atoms with E-state index in [1.165, 1.54) is 10.9 Å². The Morgan fingerprint density at radius 2 is 2.31 bits per heavy atom. The monoisotopic (exact) mass is 238 g/mol. The van der Waals surface area contributed by atoms with Gasteiger partial charge >= 0.3 is 5.69 Å². The fraction of sp³-hybridized carbons (Fsp3) is 0.111. The average Bonchev–Trinajstić information content (AvgIpc) is 2.57. The largest absolute Gasteiger partial charge is 0.333 e. The number of pyridine rings is 1. The summed E-state index contributed by atoms with van der Waals surface area (Å²) in [6, 6.07) is 3.38. The zero-order valence-electron chi connectivity index (χ0n) is 8.29. The van der Waals surface area contributed by atoms with Crippen LogP contribution in [0.2, 0.25) is 5.15 Å². The van der Waals surface area contributed by atoms with Crippen molar-refractivity contribution < 1.29 is 4.92 Å². The van der Waals surface area contributed by atoms with Crippen molar-refractivity contribution in [3.8, 4) is 11.3 Å². The predicted octanol–water partition coefficient (Wildman–Crippen LogP) is 2.04. The third kappa shape index (κ3) is 1.63. The lowest BCUT2D eigenvalue weighted by Crippen LogP contribution is -1.90. The van der Waals surface area contributed by atoms with Crippen LogP contribution in [0.3, 0.4) is 0 Å². The van der Waals surface area contributed by atoms with Crippen molar-refractivity contribution in [3.63, 3.8) is 0 Å². The maximum absolute atomic E-state index is 10.9. The SMILES string of the molecule is Cn1nc(-c2cccnc2)c([N+](=O)[O-])c1Cl. The number of nitro groups is 1. The van der Waals surface area contributed by atoms with Gasteiger partial charge in [-0.1, -0.05) is 11.6 Å². The fourth-order valence-electron chi connectivity index (χ4n) is 1.35. The molecule has 0 saturated heterocycles. The Morgan fingerprint density at radius 1 is 1.56 bits per heavy atom. The van der Waals surface area contributed by atoms with Gasteiger partial charge in [0, 0.05) is 25.0 Å². The van der Waals surface area contributed by atoms with Gasteiger partial charge in [-0.3, -0.25) is 19.8 Å². The van der Waals surface area contributed by atoms with Crippen LogP contribution in [-0.2, 0) is 7.05 Å². The number of hydrogen-bond donors (Lipinski definition) is 0. The summed E-state index contributed by atoms with van der Waals surface area (Å²) >= 11 is 5.80. The van der Waals surface area contributed by atoms with Gasteiger partial charge in [-0.2, -0.15) is 5.10 Å². The molecule has 0 aliphatic carbocycles. The van der Waals surface area contributed by atoms with Gasteiger partial charge in [0.15, 0.2) is 5.69 Å². The van der Waals surface area contributed by atoms with E-state index in [0.29, 0.717) is 5.56 Å². The maximum atomic E-state index is 10.9. The van der Waals surface area contributed by atoms with Crippen molar-refractivity contribution in [1.82, 2.24) is 14.8 Å². The number of aryl methyl sites for hydroxylation is 1. The standard InChI is InChI=1S/C9H7ClN4O2/c1-13-9(10)8(14(15)16)7(12-13)6-3-2-4-11-5-6/h2-5H,1H3. The Morgan fingerprint density at radius 3 is 2.88 bits per heavy atom. The zero-order valence-corrected chi connectivity index (χ0v) is 9.05. The lowest BCUT2D eigenvalue weighted by atomic mass is 10.2. The normalized spacial score (nSPS) is 10.4. The van der Waals surface area contributed by atoms with Gasteiger partial charge in [-0.15, -0.1) is 0 Å². The van der Waals surface area contributed by atoms with E-state index in [1.54, 1.807) is 25.4 Å². The van der Waals surface area contributed by atoms with E-state index in [1.807, 2.05) is 0 Å². The van der Waals surface area contributed by atoms with Crippen molar-refractivity contribution in [1.29, 1.82) is 0 Å². The van der Waals surface area contributed by atoms with Crippen LogP contribution in [0, 0.1) is 10.1 Å². The van der Waals surface area contributed by atoms with Crippen molar-refractivity contribution in [2.45, 2.75) is 0 Å². The summed E-state index contributed by atoms with van der Waals surface area (Å²) in [7, 11) is 1.55. The molecule has 0 fully saturated rings. The molecule has 0 aromatic carbocycles. The molecular weight excluding hydrogens is 232 g/mol. The molecule has 2 aromatic heterocycles. The lowest BCUT2D eigenvalue weighted by molar-refractivity contribution is -0.384. The Bertz CT molecular complexity index is 538. The van der Waals surface area contributed by atoms with Crippen molar-refractivity contribution in [2.75, 3.05) is 0 Å². The molecular formula is C9H7ClN4O2. The summed E-state index contributed by atoms with van der Waals surface area (Å²) in [4.78, 5) is 14.2. The number of nitrogens with zero attached hydrogens (tertiary/aromatic N) is 4. The number of halogens is 1. The molecule has 82 valence electrons. The minimum absolute atomic E-state index is 0.00357. The number of hydrogen-bond acceptors (Lipinski definition) is 4. The first kappa shape index (κ1) is 10.6. The van der Waals surface area contributed by atoms with Crippen molar-refractivity contribution in [2.24, 2.45) is 7.05 Å². The predicted molar refractivity (Wildman–Crippen MR) is 58.1 cm³/mol. The molecule has 2 heterocycles. The molecule has 16 heavy (non-hydrogen) atoms. The van der Waals surface area contributed by atoms with Crippen LogP contribution in [0.4, 0.5) is 5.69 Å². The van der Waals surface area contributed by atoms with Gasteiger partial charge < -0.3 is 0 Å². The summed E-state index contributed by atoms with van der Waals surface area (Å²) in [6.07, 6.45) is 3.09. The highest BCUT2D eigenvalue weighted by Crippen LogP contribution is 2.34. The Kier molecular flexibility index (Phi) is 2.57. The molecule has 0 unspecified atom stereocenters. The molecule has 2 rings (SSSR count). The second-order valence-corrected chi connectivity index (χ2v) is 3.47. The Hall–Kier alpha value is -1.95. The third-order valence-corrected chi connectivity index (χ3v) is 2.50. The minimum atomic E-state index is -0.544. The van der Waals surface area contributed by atoms with Crippen molar-refractivity contribution in [3.05, 3.63) is 39.8 Å². The smallest absolute Gasteiger partial charge is 0.264 e. The zero-order chi connectivity index (χ0) is 11.7. The first-order chi connectivity index (χ1) is 7.61. The van der Waals surface area contributed by atoms with Crippen molar-refractivity contribution >= 4 is 17.3 Å². The van der Waals surface area contributed by atoms with E-state index < -0.39 is 4.92 Å². The van der Waals surface area contributed by atoms with Gasteiger partial charge in [0.2, 0.25) is 5.15 Å². The number of aromatic nitrogens is 3. The maximum Gasteiger partial charge on any atom is 0.333 e. The summed E-state index contributed by atoms with van der Waals surface area (Å²) in [5, 5.41) is 14.9. The van der Waals surface area contributed by atoms with Gasteiger partial charge in [-0.25, -0.2) is 0 Å². The Balaban J connectivity index is 2.66. The van der Waals surface area contributed by atoms with Gasteiger partial charge in [0.05, 0.1) is 4.92 Å². The topological polar surface area (TPSA) is 73.8 Å². The third-order valence-electron chi connectivity index (χ3n) is 2.07. The second-order valence-electron chi connectivity index (χ2n) is 3.11. The van der Waals surface area contributed by atoms with E-state index in [2.05, 4.69) is 10.1 Å². The molecule has 0 atom stereocenters. The van der Waals surface area contributed by atoms with Crippen LogP contribution in [-0.4, -0.2) is 19.7 Å². The first-order valence-electron chi connectivity index (χ1n) is 4.38. The van der Waals surface area contributed by atoms with E-state index in [9.17, 15) is 10.1 Å². The molecule has 0 aliphatic rings. The van der Waals surface area contributed by atoms with Crippen LogP contribution in [0.25, 0.3) is 11.3 Å². The summed E-state index contributed by atoms with van der Waals surface area (Å²) in [5.41, 5.74) is 0.597. The average molecular weight is 239 g/mol. The fourth-order valence-corrected chi connectivity index (χ4v) is 1.55. The van der Waals surface area contributed by atoms with Crippen LogP contribution < -0.4 is 0 Å².